The minimum absolute atomic E-state index is 0.124. The first-order valence-corrected chi connectivity index (χ1v) is 7.87. The van der Waals surface area contributed by atoms with Crippen LogP contribution in [0.15, 0.2) is 42.5 Å². The van der Waals surface area contributed by atoms with Gasteiger partial charge in [-0.15, -0.1) is 0 Å². The van der Waals surface area contributed by atoms with Gasteiger partial charge in [-0.25, -0.2) is 4.79 Å². The Hall–Kier alpha value is -3.22. The van der Waals surface area contributed by atoms with E-state index in [4.69, 9.17) is 18.9 Å². The molecule has 138 valence electrons. The smallest absolute Gasteiger partial charge is 0.346 e. The summed E-state index contributed by atoms with van der Waals surface area (Å²) in [5.74, 6) is 0.0174. The van der Waals surface area contributed by atoms with Crippen molar-refractivity contribution >= 4 is 17.6 Å². The Balaban J connectivity index is 2.10. The summed E-state index contributed by atoms with van der Waals surface area (Å²) in [6.07, 6.45) is -1.02. The molecular weight excluding hydrogens is 338 g/mol. The average Bonchev–Trinajstić information content (AvgIpc) is 2.67. The van der Waals surface area contributed by atoms with E-state index in [-0.39, 0.29) is 5.56 Å². The van der Waals surface area contributed by atoms with E-state index in [0.717, 1.165) is 0 Å². The number of carbonyl (C=O) groups excluding carboxylic acids is 2. The van der Waals surface area contributed by atoms with E-state index in [0.29, 0.717) is 22.9 Å². The van der Waals surface area contributed by atoms with E-state index in [2.05, 4.69) is 5.32 Å². The van der Waals surface area contributed by atoms with E-state index < -0.39 is 18.0 Å². The number of benzene rings is 2. The summed E-state index contributed by atoms with van der Waals surface area (Å²) in [6.45, 7) is 1.48. The first-order chi connectivity index (χ1) is 12.5. The third-order valence-corrected chi connectivity index (χ3v) is 3.62. The van der Waals surface area contributed by atoms with Crippen LogP contribution in [-0.4, -0.2) is 39.3 Å². The molecule has 1 amide bonds. The number of nitrogens with one attached hydrogen (secondary N) is 1. The predicted molar refractivity (Wildman–Crippen MR) is 96.0 cm³/mol. The molecule has 2 aromatic rings. The maximum atomic E-state index is 12.5. The normalized spacial score (nSPS) is 11.2. The zero-order chi connectivity index (χ0) is 19.1. The lowest BCUT2D eigenvalue weighted by Crippen LogP contribution is -2.30. The van der Waals surface area contributed by atoms with Crippen LogP contribution in [0.4, 0.5) is 5.69 Å². The van der Waals surface area contributed by atoms with Crippen molar-refractivity contribution in [3.63, 3.8) is 0 Å². The van der Waals surface area contributed by atoms with Gasteiger partial charge in [0.25, 0.3) is 5.91 Å². The molecule has 0 aliphatic carbocycles. The highest BCUT2D eigenvalue weighted by atomic mass is 16.6. The van der Waals surface area contributed by atoms with Crippen molar-refractivity contribution in [2.24, 2.45) is 0 Å². The van der Waals surface area contributed by atoms with Crippen molar-refractivity contribution in [3.8, 4) is 17.2 Å². The molecule has 1 atom stereocenters. The van der Waals surface area contributed by atoms with Crippen LogP contribution in [-0.2, 0) is 9.53 Å². The second kappa shape index (κ2) is 8.75. The molecule has 0 radical (unpaired) electrons. The predicted octanol–water partition coefficient (Wildman–Crippen LogP) is 2.90. The molecule has 0 aliphatic heterocycles. The lowest BCUT2D eigenvalue weighted by molar-refractivity contribution is -0.123. The highest BCUT2D eigenvalue weighted by Crippen LogP contribution is 2.29. The van der Waals surface area contributed by atoms with Gasteiger partial charge in [-0.3, -0.25) is 4.79 Å². The van der Waals surface area contributed by atoms with Crippen molar-refractivity contribution in [1.29, 1.82) is 0 Å². The fourth-order valence-corrected chi connectivity index (χ4v) is 2.27. The summed E-state index contributed by atoms with van der Waals surface area (Å²) >= 11 is 0. The molecule has 0 saturated carbocycles. The standard InChI is InChI=1S/C19H21NO6/c1-12(18(21)20-13-7-5-8-14(11-13)23-2)26-19(22)17-15(24-3)9-6-10-16(17)25-4/h5-12H,1-4H3,(H,20,21)/t12-/m1/s1. The first-order valence-electron chi connectivity index (χ1n) is 7.87. The minimum Gasteiger partial charge on any atom is -0.497 e. The van der Waals surface area contributed by atoms with E-state index in [9.17, 15) is 9.59 Å². The van der Waals surface area contributed by atoms with Gasteiger partial charge in [0.2, 0.25) is 0 Å². The van der Waals surface area contributed by atoms with E-state index in [1.165, 1.54) is 28.3 Å². The highest BCUT2D eigenvalue weighted by Gasteiger charge is 2.24. The van der Waals surface area contributed by atoms with Crippen molar-refractivity contribution in [3.05, 3.63) is 48.0 Å². The number of hydrogen-bond donors (Lipinski definition) is 1. The number of rotatable bonds is 7. The van der Waals surface area contributed by atoms with Crippen LogP contribution >= 0.6 is 0 Å². The fourth-order valence-electron chi connectivity index (χ4n) is 2.27. The molecule has 2 rings (SSSR count). The van der Waals surface area contributed by atoms with Gasteiger partial charge in [0, 0.05) is 11.8 Å². The van der Waals surface area contributed by atoms with Crippen LogP contribution in [0.1, 0.15) is 17.3 Å². The Labute approximate surface area is 151 Å². The van der Waals surface area contributed by atoms with E-state index >= 15 is 0 Å². The van der Waals surface area contributed by atoms with E-state index in [1.807, 2.05) is 0 Å². The van der Waals surface area contributed by atoms with Crippen molar-refractivity contribution in [2.45, 2.75) is 13.0 Å². The van der Waals surface area contributed by atoms with Gasteiger partial charge in [-0.2, -0.15) is 0 Å². The summed E-state index contributed by atoms with van der Waals surface area (Å²) in [7, 11) is 4.40. The molecule has 0 unspecified atom stereocenters. The molecule has 1 N–H and O–H groups in total. The first kappa shape index (κ1) is 19.1. The van der Waals surface area contributed by atoms with Crippen LogP contribution in [0.3, 0.4) is 0 Å². The Bertz CT molecular complexity index is 767. The monoisotopic (exact) mass is 359 g/mol. The third-order valence-electron chi connectivity index (χ3n) is 3.62. The maximum absolute atomic E-state index is 12.5. The van der Waals surface area contributed by atoms with Gasteiger partial charge >= 0.3 is 5.97 Å². The molecule has 0 fully saturated rings. The minimum atomic E-state index is -1.02. The summed E-state index contributed by atoms with van der Waals surface area (Å²) in [5.41, 5.74) is 0.658. The second-order valence-electron chi connectivity index (χ2n) is 5.31. The lowest BCUT2D eigenvalue weighted by Gasteiger charge is -2.16. The molecule has 7 heteroatoms. The van der Waals surface area contributed by atoms with E-state index in [1.54, 1.807) is 42.5 Å². The number of carbonyl (C=O) groups is 2. The van der Waals surface area contributed by atoms with Gasteiger partial charge in [-0.1, -0.05) is 12.1 Å². The van der Waals surface area contributed by atoms with Crippen LogP contribution < -0.4 is 19.5 Å². The lowest BCUT2D eigenvalue weighted by atomic mass is 10.1. The molecule has 0 aromatic heterocycles. The quantitative estimate of drug-likeness (QED) is 0.766. The molecule has 7 nitrogen and oxygen atoms in total. The number of esters is 1. The zero-order valence-electron chi connectivity index (χ0n) is 15.1. The molecular formula is C19H21NO6. The summed E-state index contributed by atoms with van der Waals surface area (Å²) in [5, 5.41) is 2.67. The highest BCUT2D eigenvalue weighted by molar-refractivity contribution is 5.99. The third kappa shape index (κ3) is 4.44. The maximum Gasteiger partial charge on any atom is 0.346 e. The SMILES string of the molecule is COc1cccc(NC(=O)[C@@H](C)OC(=O)c2c(OC)cccc2OC)c1. The largest absolute Gasteiger partial charge is 0.497 e. The van der Waals surface area contributed by atoms with Crippen molar-refractivity contribution in [1.82, 2.24) is 0 Å². The topological polar surface area (TPSA) is 83.1 Å². The molecule has 0 heterocycles. The van der Waals surface area contributed by atoms with Gasteiger partial charge in [0.1, 0.15) is 22.8 Å². The number of hydrogen-bond acceptors (Lipinski definition) is 6. The van der Waals surface area contributed by atoms with Gasteiger partial charge in [-0.05, 0) is 31.2 Å². The van der Waals surface area contributed by atoms with Gasteiger partial charge < -0.3 is 24.3 Å². The molecule has 26 heavy (non-hydrogen) atoms. The summed E-state index contributed by atoms with van der Waals surface area (Å²) < 4.78 is 20.7. The van der Waals surface area contributed by atoms with Crippen LogP contribution in [0, 0.1) is 0 Å². The van der Waals surface area contributed by atoms with Crippen LogP contribution in [0.25, 0.3) is 0 Å². The summed E-state index contributed by atoms with van der Waals surface area (Å²) in [4.78, 5) is 24.8. The molecule has 0 aliphatic rings. The van der Waals surface area contributed by atoms with Gasteiger partial charge in [0.15, 0.2) is 6.10 Å². The fraction of sp³-hybridized carbons (Fsp3) is 0.263. The molecule has 0 bridgehead atoms. The number of ether oxygens (including phenoxy) is 4. The summed E-state index contributed by atoms with van der Waals surface area (Å²) in [6, 6.07) is 11.8. The Morgan fingerprint density at radius 2 is 1.54 bits per heavy atom. The number of anilines is 1. The number of methoxy groups -OCH3 is 3. The molecule has 0 spiro atoms. The zero-order valence-corrected chi connectivity index (χ0v) is 15.1. The van der Waals surface area contributed by atoms with Crippen molar-refractivity contribution < 1.29 is 28.5 Å². The second-order valence-corrected chi connectivity index (χ2v) is 5.31. The number of amides is 1. The van der Waals surface area contributed by atoms with Gasteiger partial charge in [0.05, 0.1) is 21.3 Å². The van der Waals surface area contributed by atoms with Crippen LogP contribution in [0.2, 0.25) is 0 Å². The van der Waals surface area contributed by atoms with Crippen LogP contribution in [0.5, 0.6) is 17.2 Å². The van der Waals surface area contributed by atoms with Crippen molar-refractivity contribution in [2.75, 3.05) is 26.6 Å². The average molecular weight is 359 g/mol. The Morgan fingerprint density at radius 1 is 0.923 bits per heavy atom. The molecule has 0 saturated heterocycles. The molecule has 2 aromatic carbocycles. The Morgan fingerprint density at radius 3 is 2.12 bits per heavy atom. The Kier molecular flexibility index (Phi) is 6.43.